The van der Waals surface area contributed by atoms with Crippen molar-refractivity contribution >= 4 is 5.91 Å². The van der Waals surface area contributed by atoms with Crippen molar-refractivity contribution in [2.45, 2.75) is 25.4 Å². The zero-order valence-corrected chi connectivity index (χ0v) is 11.8. The van der Waals surface area contributed by atoms with Crippen molar-refractivity contribution in [2.75, 3.05) is 33.7 Å². The first-order valence-electron chi connectivity index (χ1n) is 6.58. The van der Waals surface area contributed by atoms with Gasteiger partial charge in [0.1, 0.15) is 5.69 Å². The third-order valence-electron chi connectivity index (χ3n) is 3.49. The van der Waals surface area contributed by atoms with Crippen molar-refractivity contribution in [2.24, 2.45) is 0 Å². The molecule has 1 amide bonds. The van der Waals surface area contributed by atoms with Crippen LogP contribution in [0.15, 0.2) is 6.33 Å². The number of aryl methyl sites for hydroxylation is 1. The van der Waals surface area contributed by atoms with Gasteiger partial charge in [-0.25, -0.2) is 4.98 Å². The van der Waals surface area contributed by atoms with Crippen molar-refractivity contribution in [3.8, 4) is 0 Å². The molecule has 19 heavy (non-hydrogen) atoms. The van der Waals surface area contributed by atoms with E-state index in [0.717, 1.165) is 18.5 Å². The fourth-order valence-corrected chi connectivity index (χ4v) is 2.73. The molecule has 0 aromatic carbocycles. The predicted octanol–water partition coefficient (Wildman–Crippen LogP) is 0.247. The highest BCUT2D eigenvalue weighted by molar-refractivity contribution is 5.93. The molecular formula is C13H22N4O2. The van der Waals surface area contributed by atoms with E-state index in [1.54, 1.807) is 4.90 Å². The second-order valence-corrected chi connectivity index (χ2v) is 5.67. The van der Waals surface area contributed by atoms with Crippen LogP contribution in [0.4, 0.5) is 0 Å². The maximum absolute atomic E-state index is 12.4. The molecule has 2 rings (SSSR count). The van der Waals surface area contributed by atoms with E-state index in [4.69, 9.17) is 0 Å². The number of aromatic amines is 1. The van der Waals surface area contributed by atoms with Crippen LogP contribution in [0.2, 0.25) is 0 Å². The quantitative estimate of drug-likeness (QED) is 0.822. The summed E-state index contributed by atoms with van der Waals surface area (Å²) < 4.78 is 0. The molecule has 6 nitrogen and oxygen atoms in total. The van der Waals surface area contributed by atoms with Gasteiger partial charge in [0.2, 0.25) is 0 Å². The van der Waals surface area contributed by atoms with E-state index in [-0.39, 0.29) is 5.91 Å². The lowest BCUT2D eigenvalue weighted by molar-refractivity contribution is -0.0392. The molecule has 2 N–H and O–H groups in total. The Morgan fingerprint density at radius 1 is 1.63 bits per heavy atom. The summed E-state index contributed by atoms with van der Waals surface area (Å²) in [4.78, 5) is 23.0. The summed E-state index contributed by atoms with van der Waals surface area (Å²) in [6.45, 7) is 3.45. The number of likely N-dealkylation sites (N-methyl/N-ethyl adjacent to an activating group) is 1. The van der Waals surface area contributed by atoms with Crippen LogP contribution in [-0.4, -0.2) is 70.1 Å². The highest BCUT2D eigenvalue weighted by Gasteiger charge is 2.36. The number of β-amino-alcohol motifs (C(OH)–C–C–N with tert-alkyl or cyclic N) is 1. The number of nitrogens with zero attached hydrogens (tertiary/aromatic N) is 3. The lowest BCUT2D eigenvalue weighted by Crippen LogP contribution is -2.54. The summed E-state index contributed by atoms with van der Waals surface area (Å²) in [6.07, 6.45) is 3.08. The van der Waals surface area contributed by atoms with Gasteiger partial charge in [0.25, 0.3) is 5.91 Å². The number of hydrogen-bond acceptors (Lipinski definition) is 4. The smallest absolute Gasteiger partial charge is 0.274 e. The minimum absolute atomic E-state index is 0.101. The molecule has 0 unspecified atom stereocenters. The molecule has 0 spiro atoms. The van der Waals surface area contributed by atoms with Gasteiger partial charge in [-0.3, -0.25) is 4.79 Å². The van der Waals surface area contributed by atoms with Gasteiger partial charge in [0.15, 0.2) is 0 Å². The first-order chi connectivity index (χ1) is 8.91. The number of imidazole rings is 1. The van der Waals surface area contributed by atoms with E-state index in [2.05, 4.69) is 9.97 Å². The van der Waals surface area contributed by atoms with E-state index >= 15 is 0 Å². The number of carbonyl (C=O) groups excluding carboxylic acids is 1. The fourth-order valence-electron chi connectivity index (χ4n) is 2.73. The molecule has 1 saturated heterocycles. The van der Waals surface area contributed by atoms with Crippen molar-refractivity contribution in [1.82, 2.24) is 19.8 Å². The van der Waals surface area contributed by atoms with Crippen LogP contribution in [0.1, 0.15) is 29.0 Å². The molecule has 1 fully saturated rings. The summed E-state index contributed by atoms with van der Waals surface area (Å²) in [5.74, 6) is -0.101. The molecule has 0 radical (unpaired) electrons. The molecule has 0 saturated carbocycles. The second kappa shape index (κ2) is 5.30. The highest BCUT2D eigenvalue weighted by Crippen LogP contribution is 2.23. The van der Waals surface area contributed by atoms with E-state index in [0.29, 0.717) is 25.3 Å². The van der Waals surface area contributed by atoms with Gasteiger partial charge in [-0.1, -0.05) is 0 Å². The van der Waals surface area contributed by atoms with Gasteiger partial charge in [-0.05, 0) is 33.9 Å². The largest absolute Gasteiger partial charge is 0.387 e. The van der Waals surface area contributed by atoms with Crippen LogP contribution < -0.4 is 0 Å². The standard InChI is InChI=1S/C13H22N4O2/c1-10-11(15-9-14-10)12(18)17-6-4-5-13(19,8-17)7-16(2)3/h9,19H,4-8H2,1-3H3,(H,14,15)/t13-/m1/s1. The van der Waals surface area contributed by atoms with Crippen molar-refractivity contribution in [1.29, 1.82) is 0 Å². The molecule has 1 aromatic rings. The first kappa shape index (κ1) is 14.0. The molecule has 1 aliphatic rings. The number of piperidine rings is 1. The third-order valence-corrected chi connectivity index (χ3v) is 3.49. The number of carbonyl (C=O) groups is 1. The Kier molecular flexibility index (Phi) is 3.91. The number of amides is 1. The van der Waals surface area contributed by atoms with Crippen LogP contribution in [0.3, 0.4) is 0 Å². The lowest BCUT2D eigenvalue weighted by Gasteiger charge is -2.40. The lowest BCUT2D eigenvalue weighted by atomic mass is 9.92. The SMILES string of the molecule is Cc1[nH]cnc1C(=O)N1CCC[C@@](O)(CN(C)C)C1. The van der Waals surface area contributed by atoms with Gasteiger partial charge in [0, 0.05) is 18.8 Å². The summed E-state index contributed by atoms with van der Waals surface area (Å²) in [5, 5.41) is 10.6. The van der Waals surface area contributed by atoms with E-state index < -0.39 is 5.60 Å². The number of hydrogen-bond donors (Lipinski definition) is 2. The second-order valence-electron chi connectivity index (χ2n) is 5.67. The maximum atomic E-state index is 12.4. The Morgan fingerprint density at radius 3 is 2.95 bits per heavy atom. The first-order valence-corrected chi connectivity index (χ1v) is 6.58. The van der Waals surface area contributed by atoms with Crippen LogP contribution >= 0.6 is 0 Å². The Morgan fingerprint density at radius 2 is 2.37 bits per heavy atom. The van der Waals surface area contributed by atoms with Gasteiger partial charge in [0.05, 0.1) is 18.5 Å². The van der Waals surface area contributed by atoms with Crippen LogP contribution in [0, 0.1) is 6.92 Å². The molecule has 1 atom stereocenters. The third kappa shape index (κ3) is 3.13. The van der Waals surface area contributed by atoms with Gasteiger partial charge < -0.3 is 19.9 Å². The zero-order valence-electron chi connectivity index (χ0n) is 11.8. The Hall–Kier alpha value is -1.40. The van der Waals surface area contributed by atoms with Gasteiger partial charge >= 0.3 is 0 Å². The van der Waals surface area contributed by atoms with Crippen molar-refractivity contribution in [3.63, 3.8) is 0 Å². The molecule has 1 aromatic heterocycles. The van der Waals surface area contributed by atoms with Gasteiger partial charge in [-0.2, -0.15) is 0 Å². The normalized spacial score (nSPS) is 23.9. The Labute approximate surface area is 113 Å². The number of aliphatic hydroxyl groups is 1. The van der Waals surface area contributed by atoms with E-state index in [1.165, 1.54) is 6.33 Å². The molecule has 0 aliphatic carbocycles. The number of likely N-dealkylation sites (tertiary alicyclic amines) is 1. The Bertz CT molecular complexity index is 457. The van der Waals surface area contributed by atoms with Gasteiger partial charge in [-0.15, -0.1) is 0 Å². The van der Waals surface area contributed by atoms with Crippen molar-refractivity contribution in [3.05, 3.63) is 17.7 Å². The number of nitrogens with one attached hydrogen (secondary N) is 1. The molecule has 0 bridgehead atoms. The minimum Gasteiger partial charge on any atom is -0.387 e. The van der Waals surface area contributed by atoms with Crippen LogP contribution in [0.5, 0.6) is 0 Å². The van der Waals surface area contributed by atoms with Crippen LogP contribution in [-0.2, 0) is 0 Å². The van der Waals surface area contributed by atoms with E-state index in [9.17, 15) is 9.90 Å². The fraction of sp³-hybridized carbons (Fsp3) is 0.692. The van der Waals surface area contributed by atoms with E-state index in [1.807, 2.05) is 25.9 Å². The maximum Gasteiger partial charge on any atom is 0.274 e. The highest BCUT2D eigenvalue weighted by atomic mass is 16.3. The molecular weight excluding hydrogens is 244 g/mol. The zero-order chi connectivity index (χ0) is 14.0. The number of aromatic nitrogens is 2. The minimum atomic E-state index is -0.818. The monoisotopic (exact) mass is 266 g/mol. The average Bonchev–Trinajstić information content (AvgIpc) is 2.73. The van der Waals surface area contributed by atoms with Crippen molar-refractivity contribution < 1.29 is 9.90 Å². The molecule has 2 heterocycles. The Balaban J connectivity index is 2.09. The molecule has 6 heteroatoms. The number of rotatable bonds is 3. The molecule has 1 aliphatic heterocycles. The van der Waals surface area contributed by atoms with Crippen LogP contribution in [0.25, 0.3) is 0 Å². The average molecular weight is 266 g/mol. The summed E-state index contributed by atoms with van der Waals surface area (Å²) in [6, 6.07) is 0. The predicted molar refractivity (Wildman–Crippen MR) is 72.0 cm³/mol. The number of H-pyrrole nitrogens is 1. The summed E-state index contributed by atoms with van der Waals surface area (Å²) >= 11 is 0. The summed E-state index contributed by atoms with van der Waals surface area (Å²) in [7, 11) is 3.85. The topological polar surface area (TPSA) is 72.5 Å². The molecule has 106 valence electrons. The summed E-state index contributed by atoms with van der Waals surface area (Å²) in [5.41, 5.74) is 0.405.